The van der Waals surface area contributed by atoms with Crippen LogP contribution in [-0.4, -0.2) is 15.2 Å². The van der Waals surface area contributed by atoms with E-state index in [2.05, 4.69) is 15.2 Å². The number of nitrogens with two attached hydrogens (primary N) is 1. The lowest BCUT2D eigenvalue weighted by Crippen LogP contribution is -1.89. The molecule has 0 aliphatic carbocycles. The Morgan fingerprint density at radius 2 is 2.29 bits per heavy atom. The van der Waals surface area contributed by atoms with Gasteiger partial charge in [0.2, 0.25) is 0 Å². The number of aromatic nitrogens is 3. The maximum atomic E-state index is 12.9. The molecule has 0 spiro atoms. The molecule has 2 rings (SSSR count). The average molecular weight is 210 g/mol. The van der Waals surface area contributed by atoms with Crippen LogP contribution < -0.4 is 5.73 Å². The third-order valence-electron chi connectivity index (χ3n) is 1.58. The quantitative estimate of drug-likeness (QED) is 0.740. The Hall–Kier alpha value is -1.56. The maximum Gasteiger partial charge on any atom is 0.188 e. The fraction of sp³-hybridized carbons (Fsp3) is 0. The van der Waals surface area contributed by atoms with E-state index >= 15 is 0 Å². The van der Waals surface area contributed by atoms with E-state index in [9.17, 15) is 4.39 Å². The Morgan fingerprint density at radius 1 is 1.43 bits per heavy atom. The molecule has 0 aliphatic rings. The van der Waals surface area contributed by atoms with Crippen LogP contribution >= 0.6 is 11.8 Å². The molecule has 2 aromatic rings. The van der Waals surface area contributed by atoms with Gasteiger partial charge in [-0.05, 0) is 30.0 Å². The van der Waals surface area contributed by atoms with Crippen molar-refractivity contribution in [2.45, 2.75) is 10.1 Å². The summed E-state index contributed by atoms with van der Waals surface area (Å²) in [5, 5.41) is 6.92. The largest absolute Gasteiger partial charge is 0.398 e. The summed E-state index contributed by atoms with van der Waals surface area (Å²) in [6.07, 6.45) is 1.39. The third-order valence-corrected chi connectivity index (χ3v) is 2.54. The summed E-state index contributed by atoms with van der Waals surface area (Å²) in [6, 6.07) is 4.20. The van der Waals surface area contributed by atoms with Crippen LogP contribution in [0.3, 0.4) is 0 Å². The van der Waals surface area contributed by atoms with Crippen LogP contribution in [0.1, 0.15) is 0 Å². The first-order chi connectivity index (χ1) is 6.75. The van der Waals surface area contributed by atoms with E-state index in [1.807, 2.05) is 0 Å². The van der Waals surface area contributed by atoms with Gasteiger partial charge in [0.25, 0.3) is 0 Å². The van der Waals surface area contributed by atoms with Crippen molar-refractivity contribution in [1.29, 1.82) is 0 Å². The number of hydrogen-bond acceptors (Lipinski definition) is 4. The molecule has 0 aliphatic heterocycles. The van der Waals surface area contributed by atoms with Crippen LogP contribution in [0.25, 0.3) is 0 Å². The van der Waals surface area contributed by atoms with Gasteiger partial charge in [-0.2, -0.15) is 5.10 Å². The van der Waals surface area contributed by atoms with Crippen LogP contribution in [0.15, 0.2) is 34.6 Å². The van der Waals surface area contributed by atoms with E-state index in [1.54, 1.807) is 0 Å². The predicted octanol–water partition coefficient (Wildman–Crippen LogP) is 1.68. The first-order valence-corrected chi connectivity index (χ1v) is 4.65. The van der Waals surface area contributed by atoms with Crippen LogP contribution in [0.5, 0.6) is 0 Å². The van der Waals surface area contributed by atoms with Crippen molar-refractivity contribution in [1.82, 2.24) is 15.2 Å². The van der Waals surface area contributed by atoms with Gasteiger partial charge < -0.3 is 5.73 Å². The van der Waals surface area contributed by atoms with Gasteiger partial charge in [0.15, 0.2) is 5.16 Å². The zero-order valence-corrected chi connectivity index (χ0v) is 7.88. The second-order valence-electron chi connectivity index (χ2n) is 2.57. The molecule has 0 bridgehead atoms. The van der Waals surface area contributed by atoms with Crippen molar-refractivity contribution in [3.05, 3.63) is 30.3 Å². The van der Waals surface area contributed by atoms with Gasteiger partial charge in [-0.3, -0.25) is 5.10 Å². The first kappa shape index (κ1) is 9.01. The molecular weight excluding hydrogens is 203 g/mol. The number of nitrogen functional groups attached to an aromatic ring is 1. The highest BCUT2D eigenvalue weighted by Gasteiger charge is 2.05. The summed E-state index contributed by atoms with van der Waals surface area (Å²) in [6.45, 7) is 0. The minimum atomic E-state index is -0.318. The van der Waals surface area contributed by atoms with Gasteiger partial charge >= 0.3 is 0 Å². The normalized spacial score (nSPS) is 10.4. The number of halogens is 1. The lowest BCUT2D eigenvalue weighted by atomic mass is 10.3. The summed E-state index contributed by atoms with van der Waals surface area (Å²) in [7, 11) is 0. The van der Waals surface area contributed by atoms with Crippen LogP contribution in [0.2, 0.25) is 0 Å². The monoisotopic (exact) mass is 210 g/mol. The molecule has 0 radical (unpaired) electrons. The van der Waals surface area contributed by atoms with E-state index in [1.165, 1.54) is 36.3 Å². The van der Waals surface area contributed by atoms with Crippen molar-refractivity contribution in [3.8, 4) is 0 Å². The zero-order valence-electron chi connectivity index (χ0n) is 7.07. The molecule has 1 heterocycles. The molecule has 14 heavy (non-hydrogen) atoms. The lowest BCUT2D eigenvalue weighted by Gasteiger charge is -2.01. The van der Waals surface area contributed by atoms with Crippen molar-refractivity contribution in [3.63, 3.8) is 0 Å². The number of hydrogen-bond donors (Lipinski definition) is 2. The number of rotatable bonds is 2. The van der Waals surface area contributed by atoms with E-state index in [4.69, 9.17) is 5.73 Å². The van der Waals surface area contributed by atoms with Crippen molar-refractivity contribution < 1.29 is 4.39 Å². The minimum Gasteiger partial charge on any atom is -0.398 e. The standard InChI is InChI=1S/C8H7FN4S/c9-5-1-2-6(10)7(3-5)14-8-11-4-12-13-8/h1-4H,10H2,(H,11,12,13). The minimum absolute atomic E-state index is 0.318. The molecule has 0 saturated carbocycles. The highest BCUT2D eigenvalue weighted by Crippen LogP contribution is 2.29. The van der Waals surface area contributed by atoms with Gasteiger partial charge in [0, 0.05) is 10.6 Å². The van der Waals surface area contributed by atoms with Crippen LogP contribution in [0.4, 0.5) is 10.1 Å². The molecule has 3 N–H and O–H groups in total. The predicted molar refractivity (Wildman–Crippen MR) is 51.3 cm³/mol. The topological polar surface area (TPSA) is 67.6 Å². The zero-order chi connectivity index (χ0) is 9.97. The number of nitrogens with zero attached hydrogens (tertiary/aromatic N) is 2. The SMILES string of the molecule is Nc1ccc(F)cc1Sc1ncn[nH]1. The fourth-order valence-corrected chi connectivity index (χ4v) is 1.71. The molecule has 0 saturated heterocycles. The number of benzene rings is 1. The summed E-state index contributed by atoms with van der Waals surface area (Å²) in [5.74, 6) is -0.318. The van der Waals surface area contributed by atoms with Crippen molar-refractivity contribution in [2.24, 2.45) is 0 Å². The van der Waals surface area contributed by atoms with Gasteiger partial charge in [0.05, 0.1) is 0 Å². The molecule has 1 aromatic carbocycles. The highest BCUT2D eigenvalue weighted by atomic mass is 32.2. The Kier molecular flexibility index (Phi) is 2.36. The molecule has 72 valence electrons. The van der Waals surface area contributed by atoms with Crippen molar-refractivity contribution >= 4 is 17.4 Å². The third kappa shape index (κ3) is 1.85. The van der Waals surface area contributed by atoms with E-state index in [0.717, 1.165) is 0 Å². The summed E-state index contributed by atoms with van der Waals surface area (Å²) in [4.78, 5) is 4.53. The maximum absolute atomic E-state index is 12.9. The van der Waals surface area contributed by atoms with Crippen LogP contribution in [-0.2, 0) is 0 Å². The number of aromatic amines is 1. The molecule has 0 fully saturated rings. The first-order valence-electron chi connectivity index (χ1n) is 3.84. The number of H-pyrrole nitrogens is 1. The molecule has 0 unspecified atom stereocenters. The molecule has 0 amide bonds. The number of anilines is 1. The fourth-order valence-electron chi connectivity index (χ4n) is 0.944. The Bertz CT molecular complexity index is 429. The molecule has 6 heteroatoms. The Balaban J connectivity index is 2.28. The second-order valence-corrected chi connectivity index (χ2v) is 3.61. The summed E-state index contributed by atoms with van der Waals surface area (Å²) >= 11 is 1.24. The van der Waals surface area contributed by atoms with Crippen LogP contribution in [0, 0.1) is 5.82 Å². The average Bonchev–Trinajstić information content (AvgIpc) is 2.64. The van der Waals surface area contributed by atoms with Crippen molar-refractivity contribution in [2.75, 3.05) is 5.73 Å². The molecule has 1 aromatic heterocycles. The molecule has 4 nitrogen and oxygen atoms in total. The molecule has 0 atom stereocenters. The number of nitrogens with one attached hydrogen (secondary N) is 1. The van der Waals surface area contributed by atoms with Gasteiger partial charge in [-0.15, -0.1) is 0 Å². The van der Waals surface area contributed by atoms with Gasteiger partial charge in [0.1, 0.15) is 12.1 Å². The van der Waals surface area contributed by atoms with Gasteiger partial charge in [-0.25, -0.2) is 9.37 Å². The summed E-state index contributed by atoms with van der Waals surface area (Å²) in [5.41, 5.74) is 6.18. The van der Waals surface area contributed by atoms with E-state index in [-0.39, 0.29) is 5.82 Å². The second kappa shape index (κ2) is 3.67. The van der Waals surface area contributed by atoms with E-state index < -0.39 is 0 Å². The van der Waals surface area contributed by atoms with E-state index in [0.29, 0.717) is 15.7 Å². The smallest absolute Gasteiger partial charge is 0.188 e. The lowest BCUT2D eigenvalue weighted by molar-refractivity contribution is 0.624. The Morgan fingerprint density at radius 3 is 3.00 bits per heavy atom. The Labute approximate surface area is 83.7 Å². The molecular formula is C8H7FN4S. The van der Waals surface area contributed by atoms with Gasteiger partial charge in [-0.1, -0.05) is 0 Å². The summed E-state index contributed by atoms with van der Waals surface area (Å²) < 4.78 is 12.9. The highest BCUT2D eigenvalue weighted by molar-refractivity contribution is 7.99.